The SMILES string of the molecule is COc1cc(CNC2CCCC2)cc(Cl)c1OCc1ccc(C)cc1. The van der Waals surface area contributed by atoms with Gasteiger partial charge in [-0.15, -0.1) is 0 Å². The fraction of sp³-hybridized carbons (Fsp3) is 0.429. The van der Waals surface area contributed by atoms with Gasteiger partial charge in [0, 0.05) is 12.6 Å². The van der Waals surface area contributed by atoms with Gasteiger partial charge in [0.05, 0.1) is 12.1 Å². The van der Waals surface area contributed by atoms with Gasteiger partial charge in [0.15, 0.2) is 11.5 Å². The molecule has 1 aliphatic rings. The van der Waals surface area contributed by atoms with Crippen LogP contribution in [-0.2, 0) is 13.2 Å². The van der Waals surface area contributed by atoms with E-state index >= 15 is 0 Å². The topological polar surface area (TPSA) is 30.5 Å². The summed E-state index contributed by atoms with van der Waals surface area (Å²) in [6.45, 7) is 3.35. The minimum Gasteiger partial charge on any atom is -0.493 e. The van der Waals surface area contributed by atoms with Crippen LogP contribution in [0.4, 0.5) is 0 Å². The molecule has 0 unspecified atom stereocenters. The third-order valence-corrected chi connectivity index (χ3v) is 5.02. The highest BCUT2D eigenvalue weighted by Gasteiger charge is 2.16. The van der Waals surface area contributed by atoms with E-state index in [9.17, 15) is 0 Å². The van der Waals surface area contributed by atoms with Crippen molar-refractivity contribution in [3.63, 3.8) is 0 Å². The molecule has 1 fully saturated rings. The summed E-state index contributed by atoms with van der Waals surface area (Å²) >= 11 is 6.47. The lowest BCUT2D eigenvalue weighted by Crippen LogP contribution is -2.25. The second kappa shape index (κ2) is 8.59. The maximum absolute atomic E-state index is 6.47. The van der Waals surface area contributed by atoms with Crippen molar-refractivity contribution in [1.29, 1.82) is 0 Å². The van der Waals surface area contributed by atoms with E-state index in [2.05, 4.69) is 36.5 Å². The summed E-state index contributed by atoms with van der Waals surface area (Å²) < 4.78 is 11.4. The fourth-order valence-electron chi connectivity index (χ4n) is 3.25. The van der Waals surface area contributed by atoms with E-state index in [-0.39, 0.29) is 0 Å². The molecule has 2 aromatic carbocycles. The van der Waals surface area contributed by atoms with Crippen LogP contribution >= 0.6 is 11.6 Å². The molecule has 4 heteroatoms. The van der Waals surface area contributed by atoms with Gasteiger partial charge in [0.25, 0.3) is 0 Å². The van der Waals surface area contributed by atoms with Gasteiger partial charge in [-0.05, 0) is 43.0 Å². The van der Waals surface area contributed by atoms with Gasteiger partial charge in [0.1, 0.15) is 6.61 Å². The highest BCUT2D eigenvalue weighted by atomic mass is 35.5. The Hall–Kier alpha value is -1.71. The lowest BCUT2D eigenvalue weighted by molar-refractivity contribution is 0.284. The first-order chi connectivity index (χ1) is 12.2. The maximum atomic E-state index is 6.47. The minimum absolute atomic E-state index is 0.468. The summed E-state index contributed by atoms with van der Waals surface area (Å²) in [6, 6.07) is 12.9. The summed E-state index contributed by atoms with van der Waals surface area (Å²) in [4.78, 5) is 0. The molecule has 0 heterocycles. The second-order valence-corrected chi connectivity index (χ2v) is 7.15. The summed E-state index contributed by atoms with van der Waals surface area (Å²) in [5.74, 6) is 1.29. The van der Waals surface area contributed by atoms with Gasteiger partial charge in [-0.25, -0.2) is 0 Å². The lowest BCUT2D eigenvalue weighted by atomic mass is 10.1. The van der Waals surface area contributed by atoms with Crippen LogP contribution in [0.15, 0.2) is 36.4 Å². The molecule has 0 saturated heterocycles. The molecule has 134 valence electrons. The Morgan fingerprint density at radius 1 is 1.08 bits per heavy atom. The first-order valence-electron chi connectivity index (χ1n) is 8.94. The number of hydrogen-bond donors (Lipinski definition) is 1. The molecular weight excluding hydrogens is 334 g/mol. The Balaban J connectivity index is 1.67. The van der Waals surface area contributed by atoms with Crippen LogP contribution < -0.4 is 14.8 Å². The van der Waals surface area contributed by atoms with Crippen molar-refractivity contribution in [1.82, 2.24) is 5.32 Å². The summed E-state index contributed by atoms with van der Waals surface area (Å²) in [5, 5.41) is 4.20. The van der Waals surface area contributed by atoms with Crippen molar-refractivity contribution in [2.75, 3.05) is 7.11 Å². The highest BCUT2D eigenvalue weighted by molar-refractivity contribution is 6.32. The van der Waals surface area contributed by atoms with Crippen LogP contribution in [0.5, 0.6) is 11.5 Å². The molecule has 0 bridgehead atoms. The van der Waals surface area contributed by atoms with Crippen LogP contribution in [0.2, 0.25) is 5.02 Å². The summed E-state index contributed by atoms with van der Waals surface area (Å²) in [5.41, 5.74) is 3.46. The van der Waals surface area contributed by atoms with E-state index < -0.39 is 0 Å². The van der Waals surface area contributed by atoms with Crippen LogP contribution in [-0.4, -0.2) is 13.2 Å². The van der Waals surface area contributed by atoms with Crippen molar-refractivity contribution in [2.24, 2.45) is 0 Å². The van der Waals surface area contributed by atoms with Crippen LogP contribution in [0.1, 0.15) is 42.4 Å². The van der Waals surface area contributed by atoms with Crippen molar-refractivity contribution in [3.8, 4) is 11.5 Å². The quantitative estimate of drug-likeness (QED) is 0.730. The molecule has 1 N–H and O–H groups in total. The number of aryl methyl sites for hydroxylation is 1. The summed E-state index contributed by atoms with van der Waals surface area (Å²) in [6.07, 6.45) is 5.19. The van der Waals surface area contributed by atoms with Crippen molar-refractivity contribution in [2.45, 2.75) is 51.8 Å². The molecule has 3 rings (SSSR count). The Morgan fingerprint density at radius 2 is 1.80 bits per heavy atom. The maximum Gasteiger partial charge on any atom is 0.180 e. The monoisotopic (exact) mass is 359 g/mol. The third-order valence-electron chi connectivity index (χ3n) is 4.74. The largest absolute Gasteiger partial charge is 0.493 e. The molecule has 0 radical (unpaired) electrons. The zero-order valence-electron chi connectivity index (χ0n) is 15.0. The molecule has 3 nitrogen and oxygen atoms in total. The van der Waals surface area contributed by atoms with Crippen LogP contribution in [0.25, 0.3) is 0 Å². The van der Waals surface area contributed by atoms with E-state index in [1.165, 1.54) is 31.2 Å². The predicted molar refractivity (Wildman–Crippen MR) is 103 cm³/mol. The molecule has 25 heavy (non-hydrogen) atoms. The van der Waals surface area contributed by atoms with Gasteiger partial charge >= 0.3 is 0 Å². The van der Waals surface area contributed by atoms with Gasteiger partial charge in [-0.3, -0.25) is 0 Å². The molecule has 0 aromatic heterocycles. The zero-order chi connectivity index (χ0) is 17.6. The molecule has 0 atom stereocenters. The van der Waals surface area contributed by atoms with Gasteiger partial charge < -0.3 is 14.8 Å². The molecule has 0 amide bonds. The summed E-state index contributed by atoms with van der Waals surface area (Å²) in [7, 11) is 1.65. The normalized spacial score (nSPS) is 14.7. The van der Waals surface area contributed by atoms with Gasteiger partial charge in [-0.2, -0.15) is 0 Å². The number of rotatable bonds is 7. The number of hydrogen-bond acceptors (Lipinski definition) is 3. The number of benzene rings is 2. The Kier molecular flexibility index (Phi) is 6.22. The first kappa shape index (κ1) is 18.1. The fourth-order valence-corrected chi connectivity index (χ4v) is 3.54. The average molecular weight is 360 g/mol. The Morgan fingerprint density at radius 3 is 2.48 bits per heavy atom. The molecule has 1 aliphatic carbocycles. The van der Waals surface area contributed by atoms with Crippen LogP contribution in [0.3, 0.4) is 0 Å². The van der Waals surface area contributed by atoms with E-state index in [1.807, 2.05) is 12.1 Å². The Bertz CT molecular complexity index is 694. The van der Waals surface area contributed by atoms with Crippen LogP contribution in [0, 0.1) is 6.92 Å². The standard InChI is InChI=1S/C21H26ClNO2/c1-15-7-9-16(10-8-15)14-25-21-19(22)11-17(12-20(21)24-2)13-23-18-5-3-4-6-18/h7-12,18,23H,3-6,13-14H2,1-2H3. The average Bonchev–Trinajstić information content (AvgIpc) is 3.13. The predicted octanol–water partition coefficient (Wildman–Crippen LogP) is 5.27. The number of nitrogens with one attached hydrogen (secondary N) is 1. The van der Waals surface area contributed by atoms with E-state index in [0.717, 1.165) is 17.7 Å². The van der Waals surface area contributed by atoms with Crippen molar-refractivity contribution >= 4 is 11.6 Å². The molecule has 0 aliphatic heterocycles. The molecular formula is C21H26ClNO2. The number of halogens is 1. The minimum atomic E-state index is 0.468. The number of methoxy groups -OCH3 is 1. The van der Waals surface area contributed by atoms with E-state index in [4.69, 9.17) is 21.1 Å². The smallest absolute Gasteiger partial charge is 0.180 e. The van der Waals surface area contributed by atoms with Gasteiger partial charge in [0.2, 0.25) is 0 Å². The number of ether oxygens (including phenoxy) is 2. The Labute approximate surface area is 155 Å². The van der Waals surface area contributed by atoms with E-state index in [0.29, 0.717) is 29.2 Å². The second-order valence-electron chi connectivity index (χ2n) is 6.75. The van der Waals surface area contributed by atoms with Crippen molar-refractivity contribution < 1.29 is 9.47 Å². The highest BCUT2D eigenvalue weighted by Crippen LogP contribution is 2.37. The molecule has 1 saturated carbocycles. The first-order valence-corrected chi connectivity index (χ1v) is 9.31. The van der Waals surface area contributed by atoms with E-state index in [1.54, 1.807) is 7.11 Å². The van der Waals surface area contributed by atoms with Gasteiger partial charge in [-0.1, -0.05) is 54.3 Å². The van der Waals surface area contributed by atoms with Crippen molar-refractivity contribution in [3.05, 3.63) is 58.1 Å². The molecule has 0 spiro atoms. The molecule has 2 aromatic rings. The zero-order valence-corrected chi connectivity index (χ0v) is 15.7. The lowest BCUT2D eigenvalue weighted by Gasteiger charge is -2.16. The third kappa shape index (κ3) is 4.90.